The molecule has 0 amide bonds. The largest absolute Gasteiger partial charge is 0.481 e. The van der Waals surface area contributed by atoms with Gasteiger partial charge in [-0.1, -0.05) is 34.7 Å². The zero-order chi connectivity index (χ0) is 22.1. The number of carbonyl (C=O) groups is 1. The fourth-order valence-electron chi connectivity index (χ4n) is 2.63. The van der Waals surface area contributed by atoms with Crippen molar-refractivity contribution in [2.75, 3.05) is 24.9 Å². The third-order valence-electron chi connectivity index (χ3n) is 4.14. The number of halogens is 1. The Bertz CT molecular complexity index is 1050. The molecular formula is C22H24BrNO5S. The van der Waals surface area contributed by atoms with Gasteiger partial charge in [-0.2, -0.15) is 0 Å². The van der Waals surface area contributed by atoms with Crippen LogP contribution in [0.1, 0.15) is 35.7 Å². The summed E-state index contributed by atoms with van der Waals surface area (Å²) in [5, 5.41) is 2.87. The van der Waals surface area contributed by atoms with E-state index in [1.807, 2.05) is 0 Å². The molecule has 0 aliphatic rings. The number of esters is 1. The molecule has 0 aliphatic heterocycles. The number of anilines is 1. The smallest absolute Gasteiger partial charge is 0.340 e. The zero-order valence-corrected chi connectivity index (χ0v) is 19.5. The number of carbonyl (C=O) groups excluding carboxylic acids is 1. The number of aryl methyl sites for hydroxylation is 1. The van der Waals surface area contributed by atoms with Crippen molar-refractivity contribution in [1.82, 2.24) is 0 Å². The molecule has 0 fully saturated rings. The molecule has 0 spiro atoms. The van der Waals surface area contributed by atoms with Crippen molar-refractivity contribution in [3.8, 4) is 17.6 Å². The molecule has 0 saturated heterocycles. The minimum absolute atomic E-state index is 0.147. The maximum Gasteiger partial charge on any atom is 0.340 e. The first-order chi connectivity index (χ1) is 14.3. The first-order valence-electron chi connectivity index (χ1n) is 9.32. The quantitative estimate of drug-likeness (QED) is 0.428. The first kappa shape index (κ1) is 23.8. The van der Waals surface area contributed by atoms with E-state index in [0.717, 1.165) is 12.8 Å². The predicted octanol–water partition coefficient (Wildman–Crippen LogP) is 4.57. The number of benzene rings is 2. The maximum absolute atomic E-state index is 12.7. The van der Waals surface area contributed by atoms with Crippen LogP contribution < -0.4 is 10.1 Å². The summed E-state index contributed by atoms with van der Waals surface area (Å²) in [6.45, 7) is 4.09. The molecule has 0 bridgehead atoms. The minimum Gasteiger partial charge on any atom is -0.481 e. The van der Waals surface area contributed by atoms with Crippen LogP contribution in [-0.4, -0.2) is 34.0 Å². The second kappa shape index (κ2) is 11.0. The molecule has 6 nitrogen and oxygen atoms in total. The molecule has 30 heavy (non-hydrogen) atoms. The van der Waals surface area contributed by atoms with Gasteiger partial charge >= 0.3 is 5.97 Å². The number of rotatable bonds is 8. The van der Waals surface area contributed by atoms with E-state index in [9.17, 15) is 13.2 Å². The van der Waals surface area contributed by atoms with E-state index in [-0.39, 0.29) is 22.9 Å². The minimum atomic E-state index is -3.64. The average molecular weight is 494 g/mol. The average Bonchev–Trinajstić information content (AvgIpc) is 2.72. The van der Waals surface area contributed by atoms with E-state index >= 15 is 0 Å². The Balaban J connectivity index is 2.11. The maximum atomic E-state index is 12.7. The summed E-state index contributed by atoms with van der Waals surface area (Å²) < 4.78 is 36.4. The van der Waals surface area contributed by atoms with Crippen molar-refractivity contribution in [3.05, 3.63) is 52.0 Å². The Hall–Kier alpha value is -2.50. The van der Waals surface area contributed by atoms with E-state index in [1.165, 1.54) is 19.2 Å². The summed E-state index contributed by atoms with van der Waals surface area (Å²) >= 11 is 3.33. The monoisotopic (exact) mass is 493 g/mol. The highest BCUT2D eigenvalue weighted by atomic mass is 79.9. The predicted molar refractivity (Wildman–Crippen MR) is 121 cm³/mol. The van der Waals surface area contributed by atoms with Gasteiger partial charge in [-0.25, -0.2) is 13.2 Å². The fraction of sp³-hybridized carbons (Fsp3) is 0.318. The Morgan fingerprint density at radius 3 is 2.50 bits per heavy atom. The number of sulfone groups is 1. The topological polar surface area (TPSA) is 81.7 Å². The normalized spacial score (nSPS) is 10.7. The molecule has 2 aromatic rings. The van der Waals surface area contributed by atoms with Gasteiger partial charge in [-0.15, -0.1) is 0 Å². The van der Waals surface area contributed by atoms with Crippen molar-refractivity contribution < 1.29 is 22.7 Å². The Labute approximate surface area is 186 Å². The lowest BCUT2D eigenvalue weighted by Crippen LogP contribution is -2.18. The van der Waals surface area contributed by atoms with Gasteiger partial charge in [0.1, 0.15) is 18.2 Å². The van der Waals surface area contributed by atoms with Crippen LogP contribution in [0.3, 0.4) is 0 Å². The molecule has 0 unspecified atom stereocenters. The molecule has 1 N–H and O–H groups in total. The van der Waals surface area contributed by atoms with Gasteiger partial charge in [0.15, 0.2) is 9.84 Å². The summed E-state index contributed by atoms with van der Waals surface area (Å²) in [6, 6.07) is 9.54. The highest BCUT2D eigenvalue weighted by molar-refractivity contribution is 9.10. The molecule has 0 atom stereocenters. The van der Waals surface area contributed by atoms with Crippen LogP contribution in [0, 0.1) is 18.8 Å². The third kappa shape index (κ3) is 6.51. The molecule has 0 aromatic heterocycles. The first-order valence-corrected chi connectivity index (χ1v) is 11.8. The molecule has 0 radical (unpaired) electrons. The number of hydrogen-bond donors (Lipinski definition) is 1. The van der Waals surface area contributed by atoms with Crippen molar-refractivity contribution in [3.63, 3.8) is 0 Å². The standard InChI is InChI=1S/C22H24BrNO5S/c1-4-5-6-7-12-29-18-8-10-19(11-9-18)30(26,27)15-24-21-16(2)13-17(23)14-20(21)22(25)28-3/h8-11,13-14,24H,4-5,12,15H2,1-3H3. The SMILES string of the molecule is CCCC#CCOc1ccc(S(=O)(=O)CNc2c(C)cc(Br)cc2C(=O)OC)cc1. The van der Waals surface area contributed by atoms with Crippen LogP contribution in [-0.2, 0) is 14.6 Å². The van der Waals surface area contributed by atoms with Gasteiger partial charge in [-0.05, 0) is 55.3 Å². The highest BCUT2D eigenvalue weighted by Crippen LogP contribution is 2.27. The van der Waals surface area contributed by atoms with Crippen molar-refractivity contribution >= 4 is 37.4 Å². The van der Waals surface area contributed by atoms with Gasteiger partial charge < -0.3 is 14.8 Å². The molecular weight excluding hydrogens is 470 g/mol. The molecule has 2 rings (SSSR count). The van der Waals surface area contributed by atoms with Crippen LogP contribution >= 0.6 is 15.9 Å². The molecule has 0 heterocycles. The number of hydrogen-bond acceptors (Lipinski definition) is 6. The number of ether oxygens (including phenoxy) is 2. The lowest BCUT2D eigenvalue weighted by Gasteiger charge is -2.15. The summed E-state index contributed by atoms with van der Waals surface area (Å²) in [5.41, 5.74) is 1.39. The molecule has 0 saturated carbocycles. The summed E-state index contributed by atoms with van der Waals surface area (Å²) in [6.07, 6.45) is 1.82. The molecule has 0 aliphatic carbocycles. The third-order valence-corrected chi connectivity index (χ3v) is 6.11. The lowest BCUT2D eigenvalue weighted by molar-refractivity contribution is 0.0601. The number of nitrogens with one attached hydrogen (secondary N) is 1. The van der Waals surface area contributed by atoms with Gasteiger partial charge in [0.2, 0.25) is 0 Å². The molecule has 160 valence electrons. The van der Waals surface area contributed by atoms with E-state index in [2.05, 4.69) is 40.0 Å². The highest BCUT2D eigenvalue weighted by Gasteiger charge is 2.19. The van der Waals surface area contributed by atoms with Crippen LogP contribution in [0.25, 0.3) is 0 Å². The van der Waals surface area contributed by atoms with Crippen LogP contribution in [0.5, 0.6) is 5.75 Å². The van der Waals surface area contributed by atoms with Crippen molar-refractivity contribution in [2.24, 2.45) is 0 Å². The number of methoxy groups -OCH3 is 1. The van der Waals surface area contributed by atoms with Gasteiger partial charge in [0, 0.05) is 10.9 Å². The summed E-state index contributed by atoms with van der Waals surface area (Å²) in [7, 11) is -2.37. The van der Waals surface area contributed by atoms with Gasteiger partial charge in [-0.3, -0.25) is 0 Å². The van der Waals surface area contributed by atoms with E-state index < -0.39 is 15.8 Å². The van der Waals surface area contributed by atoms with Crippen LogP contribution in [0.4, 0.5) is 5.69 Å². The number of unbranched alkanes of at least 4 members (excludes halogenated alkanes) is 1. The van der Waals surface area contributed by atoms with Crippen molar-refractivity contribution in [1.29, 1.82) is 0 Å². The van der Waals surface area contributed by atoms with Crippen LogP contribution in [0.2, 0.25) is 0 Å². The Morgan fingerprint density at radius 2 is 1.87 bits per heavy atom. The summed E-state index contributed by atoms with van der Waals surface area (Å²) in [4.78, 5) is 12.2. The second-order valence-corrected chi connectivity index (χ2v) is 9.34. The van der Waals surface area contributed by atoms with E-state index in [4.69, 9.17) is 9.47 Å². The van der Waals surface area contributed by atoms with Gasteiger partial charge in [0.25, 0.3) is 0 Å². The van der Waals surface area contributed by atoms with E-state index in [0.29, 0.717) is 21.5 Å². The second-order valence-electron chi connectivity index (χ2n) is 6.44. The fourth-order valence-corrected chi connectivity index (χ4v) is 4.25. The van der Waals surface area contributed by atoms with E-state index in [1.54, 1.807) is 31.2 Å². The zero-order valence-electron chi connectivity index (χ0n) is 17.1. The van der Waals surface area contributed by atoms with Gasteiger partial charge in [0.05, 0.1) is 23.3 Å². The van der Waals surface area contributed by atoms with Crippen molar-refractivity contribution in [2.45, 2.75) is 31.6 Å². The summed E-state index contributed by atoms with van der Waals surface area (Å²) in [5.74, 6) is 5.51. The Kier molecular flexibility index (Phi) is 8.75. The lowest BCUT2D eigenvalue weighted by atomic mass is 10.1. The molecule has 2 aromatic carbocycles. The molecule has 8 heteroatoms. The van der Waals surface area contributed by atoms with Crippen LogP contribution in [0.15, 0.2) is 45.8 Å². The Morgan fingerprint density at radius 1 is 1.17 bits per heavy atom.